The van der Waals surface area contributed by atoms with Crippen LogP contribution < -0.4 is 5.32 Å². The lowest BCUT2D eigenvalue weighted by molar-refractivity contribution is -0.141. The summed E-state index contributed by atoms with van der Waals surface area (Å²) >= 11 is 9.68. The number of hydrogen-bond donors (Lipinski definition) is 2. The molecule has 0 spiro atoms. The van der Waals surface area contributed by atoms with Crippen LogP contribution >= 0.6 is 39.9 Å². The first kappa shape index (κ1) is 17.1. The zero-order valence-corrected chi connectivity index (χ0v) is 14.5. The normalized spacial score (nSPS) is 30.2. The van der Waals surface area contributed by atoms with Crippen LogP contribution in [-0.4, -0.2) is 17.1 Å². The Hall–Kier alpha value is -0.290. The minimum atomic E-state index is -0.631. The fourth-order valence-corrected chi connectivity index (χ4v) is 4.19. The second-order valence-corrected chi connectivity index (χ2v) is 7.10. The smallest absolute Gasteiger partial charge is 0.306 e. The Morgan fingerprint density at radius 3 is 2.86 bits per heavy atom. The van der Waals surface area contributed by atoms with E-state index in [4.69, 9.17) is 16.7 Å². The molecule has 2 aliphatic rings. The van der Waals surface area contributed by atoms with Crippen LogP contribution in [0.5, 0.6) is 0 Å². The van der Waals surface area contributed by atoms with E-state index < -0.39 is 5.97 Å². The van der Waals surface area contributed by atoms with Crippen LogP contribution in [0.25, 0.3) is 0 Å². The van der Waals surface area contributed by atoms with Crippen molar-refractivity contribution >= 4 is 45.9 Å². The molecule has 0 saturated heterocycles. The van der Waals surface area contributed by atoms with E-state index in [0.29, 0.717) is 17.9 Å². The van der Waals surface area contributed by atoms with Gasteiger partial charge in [0.1, 0.15) is 0 Å². The SMILES string of the molecule is Cl.O=C(O)C1CC2CC(NCc3cccc(Br)c3Cl)C2C1. The highest BCUT2D eigenvalue weighted by Crippen LogP contribution is 2.49. The molecule has 0 radical (unpaired) electrons. The van der Waals surface area contributed by atoms with E-state index in [1.165, 1.54) is 0 Å². The number of nitrogens with one attached hydrogen (secondary N) is 1. The van der Waals surface area contributed by atoms with Crippen molar-refractivity contribution in [1.82, 2.24) is 5.32 Å². The topological polar surface area (TPSA) is 49.3 Å². The van der Waals surface area contributed by atoms with Crippen molar-refractivity contribution in [2.75, 3.05) is 0 Å². The van der Waals surface area contributed by atoms with E-state index in [1.807, 2.05) is 18.2 Å². The number of carboxylic acid groups (broad SMARTS) is 1. The number of rotatable bonds is 4. The molecule has 0 amide bonds. The van der Waals surface area contributed by atoms with Gasteiger partial charge in [0.15, 0.2) is 0 Å². The average molecular weight is 395 g/mol. The van der Waals surface area contributed by atoms with Crippen LogP contribution in [0.15, 0.2) is 22.7 Å². The third kappa shape index (κ3) is 3.39. The van der Waals surface area contributed by atoms with Gasteiger partial charge in [0.25, 0.3) is 0 Å². The molecule has 0 bridgehead atoms. The first-order valence-corrected chi connectivity index (χ1v) is 8.12. The molecule has 2 fully saturated rings. The molecule has 1 aromatic carbocycles. The summed E-state index contributed by atoms with van der Waals surface area (Å²) in [4.78, 5) is 11.0. The number of halogens is 3. The molecule has 2 N–H and O–H groups in total. The van der Waals surface area contributed by atoms with E-state index in [-0.39, 0.29) is 18.3 Å². The van der Waals surface area contributed by atoms with E-state index in [1.54, 1.807) is 0 Å². The van der Waals surface area contributed by atoms with Gasteiger partial charge < -0.3 is 10.4 Å². The molecule has 0 heterocycles. The van der Waals surface area contributed by atoms with E-state index in [9.17, 15) is 4.79 Å². The number of benzene rings is 1. The first-order chi connectivity index (χ1) is 9.56. The third-order valence-corrected chi connectivity index (χ3v) is 6.09. The number of fused-ring (bicyclic) bond motifs is 1. The third-order valence-electron chi connectivity index (χ3n) is 4.76. The maximum atomic E-state index is 11.0. The highest BCUT2D eigenvalue weighted by atomic mass is 79.9. The second-order valence-electron chi connectivity index (χ2n) is 5.87. The Labute approximate surface area is 144 Å². The van der Waals surface area contributed by atoms with Crippen molar-refractivity contribution in [2.24, 2.45) is 17.8 Å². The van der Waals surface area contributed by atoms with E-state index >= 15 is 0 Å². The molecular weight excluding hydrogens is 377 g/mol. The van der Waals surface area contributed by atoms with Crippen LogP contribution in [0.4, 0.5) is 0 Å². The van der Waals surface area contributed by atoms with Crippen LogP contribution in [0.1, 0.15) is 24.8 Å². The summed E-state index contributed by atoms with van der Waals surface area (Å²) in [5.41, 5.74) is 1.08. The maximum Gasteiger partial charge on any atom is 0.306 e. The molecule has 116 valence electrons. The second kappa shape index (κ2) is 6.86. The summed E-state index contributed by atoms with van der Waals surface area (Å²) in [5, 5.41) is 13.4. The summed E-state index contributed by atoms with van der Waals surface area (Å²) < 4.78 is 0.914. The van der Waals surface area contributed by atoms with Gasteiger partial charge in [0, 0.05) is 17.1 Å². The zero-order chi connectivity index (χ0) is 14.3. The zero-order valence-electron chi connectivity index (χ0n) is 11.4. The van der Waals surface area contributed by atoms with Crippen LogP contribution in [0.2, 0.25) is 5.02 Å². The molecular formula is C15H18BrCl2NO2. The van der Waals surface area contributed by atoms with Gasteiger partial charge in [0.2, 0.25) is 0 Å². The largest absolute Gasteiger partial charge is 0.481 e. The Morgan fingerprint density at radius 1 is 1.38 bits per heavy atom. The highest BCUT2D eigenvalue weighted by Gasteiger charge is 2.49. The van der Waals surface area contributed by atoms with Crippen molar-refractivity contribution in [3.63, 3.8) is 0 Å². The molecule has 4 atom stereocenters. The molecule has 1 aromatic rings. The Balaban J connectivity index is 0.00000161. The number of hydrogen-bond acceptors (Lipinski definition) is 2. The predicted octanol–water partition coefficient (Wildman–Crippen LogP) is 4.11. The maximum absolute atomic E-state index is 11.0. The van der Waals surface area contributed by atoms with Gasteiger partial charge in [0.05, 0.1) is 10.9 Å². The van der Waals surface area contributed by atoms with Crippen LogP contribution in [0.3, 0.4) is 0 Å². The van der Waals surface area contributed by atoms with Crippen molar-refractivity contribution < 1.29 is 9.90 Å². The van der Waals surface area contributed by atoms with E-state index in [2.05, 4.69) is 21.2 Å². The molecule has 3 nitrogen and oxygen atoms in total. The average Bonchev–Trinajstić information content (AvgIpc) is 2.73. The Kier molecular flexibility index (Phi) is 5.58. The van der Waals surface area contributed by atoms with Gasteiger partial charge in [-0.3, -0.25) is 4.79 Å². The monoisotopic (exact) mass is 393 g/mol. The first-order valence-electron chi connectivity index (χ1n) is 6.95. The quantitative estimate of drug-likeness (QED) is 0.807. The van der Waals surface area contributed by atoms with Crippen molar-refractivity contribution in [3.05, 3.63) is 33.3 Å². The lowest BCUT2D eigenvalue weighted by atomic mass is 9.71. The van der Waals surface area contributed by atoms with E-state index in [0.717, 1.165) is 40.9 Å². The highest BCUT2D eigenvalue weighted by molar-refractivity contribution is 9.10. The number of carboxylic acids is 1. The molecule has 0 aliphatic heterocycles. The summed E-state index contributed by atoms with van der Waals surface area (Å²) in [6.45, 7) is 0.740. The molecule has 4 unspecified atom stereocenters. The molecule has 3 rings (SSSR count). The van der Waals surface area contributed by atoms with Crippen molar-refractivity contribution in [1.29, 1.82) is 0 Å². The lowest BCUT2D eigenvalue weighted by Crippen LogP contribution is -2.47. The van der Waals surface area contributed by atoms with Gasteiger partial charge in [-0.25, -0.2) is 0 Å². The van der Waals surface area contributed by atoms with Gasteiger partial charge in [-0.2, -0.15) is 0 Å². The standard InChI is InChI=1S/C15H17BrClNO2.ClH/c16-12-3-1-2-8(14(12)17)7-18-13-6-9-4-10(15(19)20)5-11(9)13;/h1-3,9-11,13,18H,4-7H2,(H,19,20);1H. The fourth-order valence-electron chi connectivity index (χ4n) is 3.59. The van der Waals surface area contributed by atoms with Crippen LogP contribution in [-0.2, 0) is 11.3 Å². The Morgan fingerprint density at radius 2 is 2.14 bits per heavy atom. The Bertz CT molecular complexity index is 540. The van der Waals surface area contributed by atoms with Crippen molar-refractivity contribution in [3.8, 4) is 0 Å². The minimum Gasteiger partial charge on any atom is -0.481 e. The molecule has 6 heteroatoms. The number of aliphatic carboxylic acids is 1. The molecule has 2 saturated carbocycles. The molecule has 2 aliphatic carbocycles. The van der Waals surface area contributed by atoms with Gasteiger partial charge in [-0.05, 0) is 58.7 Å². The molecule has 0 aromatic heterocycles. The summed E-state index contributed by atoms with van der Waals surface area (Å²) in [6, 6.07) is 6.37. The fraction of sp³-hybridized carbons (Fsp3) is 0.533. The summed E-state index contributed by atoms with van der Waals surface area (Å²) in [7, 11) is 0. The van der Waals surface area contributed by atoms with Crippen LogP contribution in [0, 0.1) is 17.8 Å². The predicted molar refractivity (Wildman–Crippen MR) is 89.0 cm³/mol. The van der Waals surface area contributed by atoms with Gasteiger partial charge in [-0.15, -0.1) is 12.4 Å². The van der Waals surface area contributed by atoms with Gasteiger partial charge in [-0.1, -0.05) is 23.7 Å². The number of carbonyl (C=O) groups is 1. The molecule has 21 heavy (non-hydrogen) atoms. The minimum absolute atomic E-state index is 0. The summed E-state index contributed by atoms with van der Waals surface area (Å²) in [6.07, 6.45) is 2.78. The van der Waals surface area contributed by atoms with Crippen molar-refractivity contribution in [2.45, 2.75) is 31.8 Å². The summed E-state index contributed by atoms with van der Waals surface area (Å²) in [5.74, 6) is 0.369. The van der Waals surface area contributed by atoms with Gasteiger partial charge >= 0.3 is 5.97 Å². The lowest BCUT2D eigenvalue weighted by Gasteiger charge is -2.41.